The van der Waals surface area contributed by atoms with Crippen LogP contribution >= 0.6 is 0 Å². The minimum atomic E-state index is -1.26. The second kappa shape index (κ2) is 12.3. The maximum Gasteiger partial charge on any atom is 0.235 e. The highest BCUT2D eigenvalue weighted by Gasteiger charge is 2.24. The zero-order valence-corrected chi connectivity index (χ0v) is 28.1. The van der Waals surface area contributed by atoms with Crippen molar-refractivity contribution in [2.75, 3.05) is 0 Å². The van der Waals surface area contributed by atoms with Crippen LogP contribution in [0.1, 0.15) is 42.5 Å². The molecule has 0 saturated heterocycles. The fourth-order valence-electron chi connectivity index (χ4n) is 6.88. The highest BCUT2D eigenvalue weighted by molar-refractivity contribution is 6.12. The van der Waals surface area contributed by atoms with E-state index < -0.39 is 293 Å². The summed E-state index contributed by atoms with van der Waals surface area (Å²) in [4.78, 5) is 16.9. The molecular weight excluding hydrogens is 699 g/mol. The first-order valence-corrected chi connectivity index (χ1v) is 16.6. The summed E-state index contributed by atoms with van der Waals surface area (Å²) >= 11 is 0. The molecule has 6 aromatic heterocycles. The summed E-state index contributed by atoms with van der Waals surface area (Å²) in [5.41, 5.74) is -10.8. The number of benzene rings is 6. The molecule has 6 aromatic carbocycles. The Morgan fingerprint density at radius 2 is 0.860 bits per heavy atom. The van der Waals surface area contributed by atoms with Gasteiger partial charge in [0.2, 0.25) is 5.95 Å². The van der Waals surface area contributed by atoms with Gasteiger partial charge in [0, 0.05) is 68.1 Å². The first kappa shape index (κ1) is 13.7. The highest BCUT2D eigenvalue weighted by Crippen LogP contribution is 2.42. The summed E-state index contributed by atoms with van der Waals surface area (Å²) in [5, 5.41) is -3.64. The van der Waals surface area contributed by atoms with Crippen molar-refractivity contribution in [1.29, 1.82) is 0 Å². The van der Waals surface area contributed by atoms with Gasteiger partial charge in [0.05, 0.1) is 98.4 Å². The molecule has 7 nitrogen and oxygen atoms in total. The van der Waals surface area contributed by atoms with E-state index in [1.807, 2.05) is 0 Å². The molecule has 0 bridgehead atoms. The molecule has 0 spiro atoms. The molecule has 6 heterocycles. The van der Waals surface area contributed by atoms with Crippen LogP contribution in [0.4, 0.5) is 0 Å². The predicted octanol–water partition coefficient (Wildman–Crippen LogP) is 11.9. The molecular formula is C50H31N7. The first-order valence-electron chi connectivity index (χ1n) is 32.1. The lowest BCUT2D eigenvalue weighted by Gasteiger charge is -2.21. The van der Waals surface area contributed by atoms with Gasteiger partial charge in [-0.1, -0.05) is 115 Å². The maximum atomic E-state index is 10.2. The molecule has 0 radical (unpaired) electrons. The summed E-state index contributed by atoms with van der Waals surface area (Å²) in [7, 11) is 0. The number of rotatable bonds is 5. The summed E-state index contributed by atoms with van der Waals surface area (Å²) in [6.45, 7) is 0. The van der Waals surface area contributed by atoms with E-state index in [1.165, 1.54) is 0 Å². The molecule has 0 amide bonds. The minimum absolute atomic E-state index is 0.582. The third-order valence-electron chi connectivity index (χ3n) is 9.14. The molecule has 266 valence electrons. The number of pyridine rings is 2. The van der Waals surface area contributed by atoms with Gasteiger partial charge >= 0.3 is 0 Å². The standard InChI is InChI=1S/C50H31N7/c1-2-13-32(14-3-1)40-29-41(54-50(53-40)57-44-22-10-4-15-33(44)34-16-5-11-23-45(34)57)37-19-12-24-48(55-42-20-8-6-17-35(42)38-30-51-27-25-46(38)55)49(37)56-43-21-9-7-18-36(43)39-31-52-28-26-47(39)56/h1-31H/i1D,2D,3D,4D,5D,6D,7D,8D,9D,10D,11D,12D,13D,14D,15D,16D,17D,18D,19D,20D,21D,22D,23D,24D,25D,26D,27D,28D,29D,30D,31D. The van der Waals surface area contributed by atoms with Crippen LogP contribution in [0.25, 0.3) is 105 Å². The van der Waals surface area contributed by atoms with Crippen LogP contribution in [-0.2, 0) is 0 Å². The number of fused-ring (bicyclic) bond motifs is 9. The molecule has 0 N–H and O–H groups in total. The van der Waals surface area contributed by atoms with E-state index in [9.17, 15) is 20.6 Å². The average Bonchev–Trinajstić information content (AvgIpc) is 1.50. The monoisotopic (exact) mass is 760 g/mol. The molecule has 0 aliphatic rings. The predicted molar refractivity (Wildman–Crippen MR) is 232 cm³/mol. The zero-order valence-electron chi connectivity index (χ0n) is 59.1. The van der Waals surface area contributed by atoms with Gasteiger partial charge in [0.25, 0.3) is 0 Å². The maximum absolute atomic E-state index is 10.2. The molecule has 0 aliphatic heterocycles. The molecule has 57 heavy (non-hydrogen) atoms. The van der Waals surface area contributed by atoms with E-state index in [2.05, 4.69) is 19.9 Å². The van der Waals surface area contributed by atoms with Gasteiger partial charge in [-0.05, 0) is 48.3 Å². The molecule has 0 saturated carbocycles. The molecule has 0 atom stereocenters. The Hall–Kier alpha value is -7.90. The Balaban J connectivity index is 1.47. The van der Waals surface area contributed by atoms with Gasteiger partial charge in [0.1, 0.15) is 0 Å². The van der Waals surface area contributed by atoms with Crippen LogP contribution in [-0.4, -0.2) is 33.6 Å². The Kier molecular flexibility index (Phi) is 2.96. The molecule has 0 fully saturated rings. The minimum Gasteiger partial charge on any atom is -0.307 e. The number of nitrogens with zero attached hydrogens (tertiary/aromatic N) is 7. The SMILES string of the molecule is [2H]c1nc([2H])c2c3c([2H])c([2H])c([2H])c([2H])c3n(-c3c([2H])c([2H])c([2H])c(-c4nc(-n5c6c([2H])c([2H])c([2H])c([2H])c6c6c([2H])c([2H])c([2H])c([2H])c65)nc(-c5c([2H])c([2H])c([2H])c([2H])c5[2H])c4[2H])c3-n3c4c([2H])c([2H])nc([2H])c4c4c([2H])c([2H])c([2H])c([2H])c43)c2c1[2H]. The lowest BCUT2D eigenvalue weighted by atomic mass is 10.0. The van der Waals surface area contributed by atoms with Crippen molar-refractivity contribution in [3.63, 3.8) is 0 Å². The second-order valence-electron chi connectivity index (χ2n) is 12.1. The Labute approximate surface area is 369 Å². The number of para-hydroxylation sites is 5. The van der Waals surface area contributed by atoms with E-state index in [0.29, 0.717) is 13.7 Å². The van der Waals surface area contributed by atoms with Crippen molar-refractivity contribution in [3.05, 3.63) is 188 Å². The van der Waals surface area contributed by atoms with Gasteiger partial charge in [0.15, 0.2) is 0 Å². The van der Waals surface area contributed by atoms with Crippen molar-refractivity contribution in [2.45, 2.75) is 0 Å². The fourth-order valence-corrected chi connectivity index (χ4v) is 6.88. The molecule has 12 rings (SSSR count). The van der Waals surface area contributed by atoms with Gasteiger partial charge in [-0.15, -0.1) is 0 Å². The van der Waals surface area contributed by atoms with Gasteiger partial charge in [-0.2, -0.15) is 0 Å². The van der Waals surface area contributed by atoms with Crippen molar-refractivity contribution < 1.29 is 42.5 Å². The quantitative estimate of drug-likeness (QED) is 0.175. The van der Waals surface area contributed by atoms with Crippen molar-refractivity contribution in [2.24, 2.45) is 0 Å². The van der Waals surface area contributed by atoms with Crippen LogP contribution in [0.3, 0.4) is 0 Å². The van der Waals surface area contributed by atoms with Crippen LogP contribution in [0.5, 0.6) is 0 Å². The van der Waals surface area contributed by atoms with Crippen LogP contribution < -0.4 is 0 Å². The summed E-state index contributed by atoms with van der Waals surface area (Å²) < 4.78 is 286. The average molecular weight is 761 g/mol. The lowest BCUT2D eigenvalue weighted by Crippen LogP contribution is -2.08. The van der Waals surface area contributed by atoms with Crippen molar-refractivity contribution in [3.8, 4) is 39.8 Å². The topological polar surface area (TPSA) is 66.3 Å². The summed E-state index contributed by atoms with van der Waals surface area (Å²) in [6, 6.07) is -27.3. The van der Waals surface area contributed by atoms with Crippen LogP contribution in [0.15, 0.2) is 188 Å². The molecule has 0 aliphatic carbocycles. The van der Waals surface area contributed by atoms with E-state index in [-0.39, 0.29) is 0 Å². The Morgan fingerprint density at radius 1 is 0.386 bits per heavy atom. The number of hydrogen-bond acceptors (Lipinski definition) is 4. The molecule has 12 aromatic rings. The van der Waals surface area contributed by atoms with Gasteiger partial charge in [-0.25, -0.2) is 9.97 Å². The Bertz CT molecular complexity index is 5250. The van der Waals surface area contributed by atoms with E-state index in [1.54, 1.807) is 0 Å². The second-order valence-corrected chi connectivity index (χ2v) is 12.1. The summed E-state index contributed by atoms with van der Waals surface area (Å²) in [5.74, 6) is -1.06. The van der Waals surface area contributed by atoms with Crippen LogP contribution in [0.2, 0.25) is 0 Å². The largest absolute Gasteiger partial charge is 0.307 e. The lowest BCUT2D eigenvalue weighted by molar-refractivity contribution is 0.993. The number of aromatic nitrogens is 7. The van der Waals surface area contributed by atoms with E-state index >= 15 is 0 Å². The van der Waals surface area contributed by atoms with Gasteiger partial charge < -0.3 is 9.13 Å². The third kappa shape index (κ3) is 4.66. The highest BCUT2D eigenvalue weighted by atomic mass is 15.2. The number of hydrogen-bond donors (Lipinski definition) is 0. The van der Waals surface area contributed by atoms with Crippen LogP contribution in [0, 0.1) is 0 Å². The van der Waals surface area contributed by atoms with E-state index in [0.717, 1.165) is 0 Å². The molecule has 7 heteroatoms. The third-order valence-corrected chi connectivity index (χ3v) is 9.14. The van der Waals surface area contributed by atoms with Crippen molar-refractivity contribution in [1.82, 2.24) is 33.6 Å². The molecule has 0 unspecified atom stereocenters. The summed E-state index contributed by atoms with van der Waals surface area (Å²) in [6.07, 6.45) is -3.84. The first-order chi connectivity index (χ1) is 41.2. The fraction of sp³-hybridized carbons (Fsp3) is 0. The Morgan fingerprint density at radius 3 is 1.47 bits per heavy atom. The smallest absolute Gasteiger partial charge is 0.235 e. The zero-order chi connectivity index (χ0) is 64.4. The van der Waals surface area contributed by atoms with E-state index in [4.69, 9.17) is 21.9 Å². The van der Waals surface area contributed by atoms with Gasteiger partial charge in [-0.3, -0.25) is 14.5 Å². The van der Waals surface area contributed by atoms with Crippen molar-refractivity contribution >= 4 is 65.4 Å². The normalized spacial score (nSPS) is 19.5.